The Morgan fingerprint density at radius 1 is 1.11 bits per heavy atom. The number of piperazine rings is 1. The second-order valence-electron chi connectivity index (χ2n) is 9.84. The van der Waals surface area contributed by atoms with Crippen LogP contribution in [0.5, 0.6) is 0 Å². The van der Waals surface area contributed by atoms with Crippen LogP contribution in [0, 0.1) is 13.8 Å². The number of nitrogens with zero attached hydrogens (tertiary/aromatic N) is 6. The molecular weight excluding hydrogens is 468 g/mol. The molecule has 0 spiro atoms. The van der Waals surface area contributed by atoms with Crippen molar-refractivity contribution in [2.45, 2.75) is 58.4 Å². The smallest absolute Gasteiger partial charge is 0.407 e. The van der Waals surface area contributed by atoms with Gasteiger partial charge in [-0.1, -0.05) is 29.8 Å². The van der Waals surface area contributed by atoms with Crippen molar-refractivity contribution in [2.75, 3.05) is 13.1 Å². The zero-order valence-electron chi connectivity index (χ0n) is 19.7. The first-order valence-electron chi connectivity index (χ1n) is 12.0. The number of hydrogen-bond acceptors (Lipinski definition) is 5. The summed E-state index contributed by atoms with van der Waals surface area (Å²) in [5, 5.41) is 14.8. The summed E-state index contributed by atoms with van der Waals surface area (Å²) in [6, 6.07) is 7.81. The Bertz CT molecular complexity index is 1360. The molecule has 0 saturated carbocycles. The molecule has 1 aromatic carbocycles. The van der Waals surface area contributed by atoms with E-state index >= 15 is 0 Å². The van der Waals surface area contributed by atoms with Crippen LogP contribution in [0.1, 0.15) is 51.4 Å². The van der Waals surface area contributed by atoms with E-state index in [0.29, 0.717) is 43.3 Å². The maximum Gasteiger partial charge on any atom is 0.407 e. The largest absolute Gasteiger partial charge is 0.465 e. The van der Waals surface area contributed by atoms with Crippen molar-refractivity contribution < 1.29 is 14.7 Å². The van der Waals surface area contributed by atoms with Gasteiger partial charge in [0.1, 0.15) is 0 Å². The fourth-order valence-electron chi connectivity index (χ4n) is 5.97. The number of halogens is 1. The zero-order valence-corrected chi connectivity index (χ0v) is 20.5. The normalized spacial score (nSPS) is 21.7. The molecule has 1 N–H and O–H groups in total. The number of aromatic nitrogens is 3. The van der Waals surface area contributed by atoms with E-state index < -0.39 is 6.09 Å². The van der Waals surface area contributed by atoms with Gasteiger partial charge >= 0.3 is 6.09 Å². The highest BCUT2D eigenvalue weighted by Crippen LogP contribution is 2.33. The fraction of sp³-hybridized carbons (Fsp3) is 0.440. The van der Waals surface area contributed by atoms with Gasteiger partial charge in [-0.15, -0.1) is 0 Å². The summed E-state index contributed by atoms with van der Waals surface area (Å²) < 4.78 is 1.78. The molecular formula is C25H27ClN6O3. The number of amides is 2. The van der Waals surface area contributed by atoms with Crippen LogP contribution in [-0.4, -0.2) is 71.6 Å². The van der Waals surface area contributed by atoms with Crippen LogP contribution < -0.4 is 0 Å². The average molecular weight is 495 g/mol. The molecule has 3 aromatic rings. The second kappa shape index (κ2) is 8.20. The highest BCUT2D eigenvalue weighted by Gasteiger charge is 2.42. The van der Waals surface area contributed by atoms with Crippen molar-refractivity contribution in [1.29, 1.82) is 0 Å². The zero-order chi connectivity index (χ0) is 24.4. The Hall–Kier alpha value is -3.17. The Balaban J connectivity index is 1.22. The van der Waals surface area contributed by atoms with Gasteiger partial charge < -0.3 is 10.0 Å². The van der Waals surface area contributed by atoms with E-state index in [-0.39, 0.29) is 18.0 Å². The van der Waals surface area contributed by atoms with E-state index in [1.54, 1.807) is 9.42 Å². The topological polar surface area (TPSA) is 94.3 Å². The molecule has 2 fully saturated rings. The number of carbonyl (C=O) groups excluding carboxylic acids is 1. The number of likely N-dealkylation sites (tertiary alicyclic amines) is 1. The minimum Gasteiger partial charge on any atom is -0.465 e. The molecule has 5 heterocycles. The lowest BCUT2D eigenvalue weighted by Crippen LogP contribution is -2.55. The van der Waals surface area contributed by atoms with Gasteiger partial charge in [0.05, 0.1) is 35.2 Å². The lowest BCUT2D eigenvalue weighted by atomic mass is 10.0. The van der Waals surface area contributed by atoms with E-state index in [2.05, 4.69) is 9.88 Å². The van der Waals surface area contributed by atoms with Crippen molar-refractivity contribution in [3.05, 3.63) is 63.1 Å². The van der Waals surface area contributed by atoms with Gasteiger partial charge in [0, 0.05) is 42.8 Å². The number of hydrogen-bond donors (Lipinski definition) is 1. The monoisotopic (exact) mass is 494 g/mol. The van der Waals surface area contributed by atoms with Crippen molar-refractivity contribution in [3.8, 4) is 0 Å². The Morgan fingerprint density at radius 2 is 1.83 bits per heavy atom. The van der Waals surface area contributed by atoms with Crippen LogP contribution in [0.15, 0.2) is 24.3 Å². The summed E-state index contributed by atoms with van der Waals surface area (Å²) in [6.45, 7) is 6.73. The van der Waals surface area contributed by atoms with Gasteiger partial charge in [-0.2, -0.15) is 5.10 Å². The van der Waals surface area contributed by atoms with Crippen LogP contribution >= 0.6 is 11.6 Å². The van der Waals surface area contributed by atoms with Gasteiger partial charge in [0.2, 0.25) is 0 Å². The first kappa shape index (κ1) is 22.3. The molecule has 2 saturated heterocycles. The number of aryl methyl sites for hydroxylation is 2. The molecule has 0 radical (unpaired) electrons. The molecule has 6 rings (SSSR count). The van der Waals surface area contributed by atoms with Crippen molar-refractivity contribution in [2.24, 2.45) is 0 Å². The number of benzene rings is 1. The molecule has 3 aliphatic heterocycles. The van der Waals surface area contributed by atoms with Crippen LogP contribution in [0.3, 0.4) is 0 Å². The molecule has 3 aliphatic rings. The predicted octanol–water partition coefficient (Wildman–Crippen LogP) is 3.48. The van der Waals surface area contributed by atoms with Gasteiger partial charge in [-0.05, 0) is 38.3 Å². The van der Waals surface area contributed by atoms with Crippen molar-refractivity contribution in [1.82, 2.24) is 29.3 Å². The Morgan fingerprint density at radius 3 is 2.54 bits per heavy atom. The number of fused-ring (bicyclic) bond motifs is 5. The molecule has 2 unspecified atom stereocenters. The third-order valence-corrected chi connectivity index (χ3v) is 8.21. The van der Waals surface area contributed by atoms with Gasteiger partial charge in [0.25, 0.3) is 5.91 Å². The molecule has 182 valence electrons. The molecule has 2 amide bonds. The van der Waals surface area contributed by atoms with Crippen LogP contribution in [0.4, 0.5) is 4.79 Å². The maximum absolute atomic E-state index is 13.6. The summed E-state index contributed by atoms with van der Waals surface area (Å²) in [6.07, 6.45) is 0.982. The standard InChI is InChI=1S/C25H27ClN6O3/c1-14-22(26)15(2)32-23(27-14)20-12-30(13-21(20)28-32)24(33)19-6-4-3-5-16(19)9-29-10-17-7-8-18(11-29)31(17)25(34)35/h3-6,17-18H,7-13H2,1-2H3,(H,34,35). The van der Waals surface area contributed by atoms with Crippen LogP contribution in [0.2, 0.25) is 5.02 Å². The molecule has 2 atom stereocenters. The molecule has 35 heavy (non-hydrogen) atoms. The first-order chi connectivity index (χ1) is 16.8. The first-order valence-corrected chi connectivity index (χ1v) is 12.3. The summed E-state index contributed by atoms with van der Waals surface area (Å²) in [5.74, 6) is -0.0219. The minimum absolute atomic E-state index is 0.0219. The molecule has 0 aliphatic carbocycles. The summed E-state index contributed by atoms with van der Waals surface area (Å²) in [4.78, 5) is 35.6. The Kier molecular flexibility index (Phi) is 5.23. The van der Waals surface area contributed by atoms with E-state index in [1.807, 2.05) is 43.0 Å². The van der Waals surface area contributed by atoms with Gasteiger partial charge in [-0.25, -0.2) is 14.3 Å². The highest BCUT2D eigenvalue weighted by atomic mass is 35.5. The van der Waals surface area contributed by atoms with Crippen LogP contribution in [0.25, 0.3) is 5.65 Å². The van der Waals surface area contributed by atoms with Gasteiger partial charge in [-0.3, -0.25) is 14.6 Å². The van der Waals surface area contributed by atoms with Crippen molar-refractivity contribution >= 4 is 29.2 Å². The average Bonchev–Trinajstić information content (AvgIpc) is 3.48. The van der Waals surface area contributed by atoms with E-state index in [0.717, 1.165) is 46.7 Å². The van der Waals surface area contributed by atoms with E-state index in [4.69, 9.17) is 16.7 Å². The van der Waals surface area contributed by atoms with Gasteiger partial charge in [0.15, 0.2) is 5.65 Å². The highest BCUT2D eigenvalue weighted by molar-refractivity contribution is 6.31. The van der Waals surface area contributed by atoms with Crippen molar-refractivity contribution in [3.63, 3.8) is 0 Å². The third-order valence-electron chi connectivity index (χ3n) is 7.66. The predicted molar refractivity (Wildman–Crippen MR) is 129 cm³/mol. The van der Waals surface area contributed by atoms with Crippen LogP contribution in [-0.2, 0) is 19.6 Å². The third kappa shape index (κ3) is 3.56. The van der Waals surface area contributed by atoms with E-state index in [9.17, 15) is 14.7 Å². The molecule has 9 nitrogen and oxygen atoms in total. The Labute approximate surface area is 207 Å². The summed E-state index contributed by atoms with van der Waals surface area (Å²) in [7, 11) is 0. The molecule has 10 heteroatoms. The maximum atomic E-state index is 13.6. The molecule has 2 aromatic heterocycles. The molecule has 2 bridgehead atoms. The fourth-order valence-corrected chi connectivity index (χ4v) is 6.09. The number of carboxylic acid groups (broad SMARTS) is 1. The lowest BCUT2D eigenvalue weighted by Gasteiger charge is -2.39. The number of rotatable bonds is 3. The summed E-state index contributed by atoms with van der Waals surface area (Å²) >= 11 is 6.36. The number of carbonyl (C=O) groups is 2. The summed E-state index contributed by atoms with van der Waals surface area (Å²) in [5.41, 5.74) is 5.85. The SMILES string of the molecule is Cc1nc2c3c(nn2c(C)c1Cl)CN(C(=O)c1ccccc1CN1CC2CCC(C1)N2C(=O)O)C3. The quantitative estimate of drug-likeness (QED) is 0.599. The lowest BCUT2D eigenvalue weighted by molar-refractivity contribution is 0.0588. The minimum atomic E-state index is -0.824. The van der Waals surface area contributed by atoms with E-state index in [1.165, 1.54) is 0 Å². The second-order valence-corrected chi connectivity index (χ2v) is 10.2.